The maximum absolute atomic E-state index is 13.2. The summed E-state index contributed by atoms with van der Waals surface area (Å²) in [4.78, 5) is 18.6. The van der Waals surface area contributed by atoms with Crippen molar-refractivity contribution < 1.29 is 13.9 Å². The zero-order valence-electron chi connectivity index (χ0n) is 14.3. The molecule has 1 aromatic carbocycles. The van der Waals surface area contributed by atoms with Crippen LogP contribution in [0.5, 0.6) is 0 Å². The standard InChI is InChI=1S/C18H19FN4O2/c1-12(25-3)11-22(2)18(24)15-10-21-23-16(8-9-20-17(15)23)13-4-6-14(19)7-5-13/h4-10,12H,11H2,1-3H3. The van der Waals surface area contributed by atoms with Crippen LogP contribution < -0.4 is 0 Å². The van der Waals surface area contributed by atoms with Crippen molar-refractivity contribution in [3.63, 3.8) is 0 Å². The lowest BCUT2D eigenvalue weighted by atomic mass is 10.1. The van der Waals surface area contributed by atoms with Crippen LogP contribution in [-0.2, 0) is 4.74 Å². The third-order valence-electron chi connectivity index (χ3n) is 4.05. The molecule has 0 bridgehead atoms. The van der Waals surface area contributed by atoms with Crippen molar-refractivity contribution in [3.8, 4) is 11.3 Å². The molecule has 1 unspecified atom stereocenters. The third-order valence-corrected chi connectivity index (χ3v) is 4.05. The van der Waals surface area contributed by atoms with Crippen LogP contribution in [0.2, 0.25) is 0 Å². The van der Waals surface area contributed by atoms with Crippen molar-refractivity contribution in [2.75, 3.05) is 20.7 Å². The van der Waals surface area contributed by atoms with Gasteiger partial charge in [-0.2, -0.15) is 5.10 Å². The normalized spacial score (nSPS) is 12.3. The molecule has 0 saturated heterocycles. The summed E-state index contributed by atoms with van der Waals surface area (Å²) in [7, 11) is 3.32. The molecule has 7 heteroatoms. The van der Waals surface area contributed by atoms with E-state index in [1.807, 2.05) is 6.92 Å². The summed E-state index contributed by atoms with van der Waals surface area (Å²) in [5.74, 6) is -0.484. The molecule has 1 amide bonds. The van der Waals surface area contributed by atoms with Gasteiger partial charge >= 0.3 is 0 Å². The lowest BCUT2D eigenvalue weighted by Crippen LogP contribution is -2.33. The molecule has 2 aromatic heterocycles. The summed E-state index contributed by atoms with van der Waals surface area (Å²) in [6, 6.07) is 7.88. The van der Waals surface area contributed by atoms with Gasteiger partial charge in [-0.15, -0.1) is 0 Å². The molecule has 0 aliphatic rings. The van der Waals surface area contributed by atoms with Crippen LogP contribution in [-0.4, -0.2) is 52.2 Å². The fraction of sp³-hybridized carbons (Fsp3) is 0.278. The minimum atomic E-state index is -0.306. The first-order chi connectivity index (χ1) is 12.0. The van der Waals surface area contributed by atoms with E-state index in [-0.39, 0.29) is 17.8 Å². The Balaban J connectivity index is 1.98. The topological polar surface area (TPSA) is 59.7 Å². The monoisotopic (exact) mass is 342 g/mol. The number of ether oxygens (including phenoxy) is 1. The van der Waals surface area contributed by atoms with Crippen LogP contribution in [0, 0.1) is 5.82 Å². The van der Waals surface area contributed by atoms with Gasteiger partial charge < -0.3 is 9.64 Å². The summed E-state index contributed by atoms with van der Waals surface area (Å²) in [5.41, 5.74) is 2.40. The maximum Gasteiger partial charge on any atom is 0.259 e. The van der Waals surface area contributed by atoms with Crippen LogP contribution in [0.25, 0.3) is 16.9 Å². The molecule has 1 atom stereocenters. The number of likely N-dealkylation sites (N-methyl/N-ethyl adjacent to an activating group) is 1. The predicted molar refractivity (Wildman–Crippen MR) is 91.8 cm³/mol. The van der Waals surface area contributed by atoms with Gasteiger partial charge in [0.05, 0.1) is 18.0 Å². The fourth-order valence-corrected chi connectivity index (χ4v) is 2.63. The van der Waals surface area contributed by atoms with Crippen molar-refractivity contribution in [2.45, 2.75) is 13.0 Å². The number of hydrogen-bond donors (Lipinski definition) is 0. The van der Waals surface area contributed by atoms with Crippen LogP contribution in [0.3, 0.4) is 0 Å². The minimum Gasteiger partial charge on any atom is -0.380 e. The van der Waals surface area contributed by atoms with E-state index in [1.165, 1.54) is 18.3 Å². The summed E-state index contributed by atoms with van der Waals surface area (Å²) < 4.78 is 19.9. The molecular formula is C18H19FN4O2. The molecule has 2 heterocycles. The molecule has 0 aliphatic heterocycles. The highest BCUT2D eigenvalue weighted by Crippen LogP contribution is 2.21. The predicted octanol–water partition coefficient (Wildman–Crippen LogP) is 2.64. The Morgan fingerprint density at radius 1 is 1.32 bits per heavy atom. The zero-order chi connectivity index (χ0) is 18.0. The number of halogens is 1. The number of carbonyl (C=O) groups excluding carboxylic acids is 1. The van der Waals surface area contributed by atoms with E-state index in [0.29, 0.717) is 17.8 Å². The number of benzene rings is 1. The summed E-state index contributed by atoms with van der Waals surface area (Å²) in [6.45, 7) is 2.36. The van der Waals surface area contributed by atoms with Crippen molar-refractivity contribution in [1.29, 1.82) is 0 Å². The van der Waals surface area contributed by atoms with Crippen LogP contribution >= 0.6 is 0 Å². The van der Waals surface area contributed by atoms with Gasteiger partial charge in [0.25, 0.3) is 5.91 Å². The van der Waals surface area contributed by atoms with E-state index in [1.54, 1.807) is 48.0 Å². The second kappa shape index (κ2) is 6.98. The van der Waals surface area contributed by atoms with Crippen LogP contribution in [0.4, 0.5) is 4.39 Å². The molecule has 130 valence electrons. The quantitative estimate of drug-likeness (QED) is 0.715. The van der Waals surface area contributed by atoms with E-state index >= 15 is 0 Å². The van der Waals surface area contributed by atoms with E-state index in [4.69, 9.17) is 4.74 Å². The van der Waals surface area contributed by atoms with Gasteiger partial charge in [-0.25, -0.2) is 13.9 Å². The highest BCUT2D eigenvalue weighted by atomic mass is 19.1. The van der Waals surface area contributed by atoms with Crippen molar-refractivity contribution in [3.05, 3.63) is 54.1 Å². The number of methoxy groups -OCH3 is 1. The fourth-order valence-electron chi connectivity index (χ4n) is 2.63. The van der Waals surface area contributed by atoms with Crippen molar-refractivity contribution in [1.82, 2.24) is 19.5 Å². The molecule has 0 saturated carbocycles. The SMILES string of the molecule is COC(C)CN(C)C(=O)c1cnn2c(-c3ccc(F)cc3)ccnc12. The van der Waals surface area contributed by atoms with Gasteiger partial charge in [0.2, 0.25) is 0 Å². The lowest BCUT2D eigenvalue weighted by molar-refractivity contribution is 0.0601. The number of nitrogens with zero attached hydrogens (tertiary/aromatic N) is 4. The van der Waals surface area contributed by atoms with Crippen LogP contribution in [0.15, 0.2) is 42.7 Å². The van der Waals surface area contributed by atoms with Gasteiger partial charge in [-0.3, -0.25) is 4.79 Å². The smallest absolute Gasteiger partial charge is 0.259 e. The summed E-state index contributed by atoms with van der Waals surface area (Å²) >= 11 is 0. The Morgan fingerprint density at radius 3 is 2.72 bits per heavy atom. The minimum absolute atomic E-state index is 0.0708. The highest BCUT2D eigenvalue weighted by Gasteiger charge is 2.20. The average molecular weight is 342 g/mol. The Bertz CT molecular complexity index is 892. The average Bonchev–Trinajstić information content (AvgIpc) is 3.05. The molecule has 6 nitrogen and oxygen atoms in total. The van der Waals surface area contributed by atoms with Gasteiger partial charge in [-0.05, 0) is 37.3 Å². The largest absolute Gasteiger partial charge is 0.380 e. The van der Waals surface area contributed by atoms with E-state index in [2.05, 4.69) is 10.1 Å². The molecule has 0 radical (unpaired) electrons. The highest BCUT2D eigenvalue weighted by molar-refractivity contribution is 5.99. The molecule has 3 aromatic rings. The first kappa shape index (κ1) is 17.0. The van der Waals surface area contributed by atoms with E-state index in [9.17, 15) is 9.18 Å². The summed E-state index contributed by atoms with van der Waals surface area (Å²) in [5, 5.41) is 4.30. The third kappa shape index (κ3) is 3.36. The Labute approximate surface area is 144 Å². The Kier molecular flexibility index (Phi) is 4.76. The number of hydrogen-bond acceptors (Lipinski definition) is 4. The van der Waals surface area contributed by atoms with Crippen molar-refractivity contribution >= 4 is 11.6 Å². The van der Waals surface area contributed by atoms with E-state index in [0.717, 1.165) is 11.3 Å². The van der Waals surface area contributed by atoms with Gasteiger partial charge in [0, 0.05) is 32.5 Å². The number of amides is 1. The van der Waals surface area contributed by atoms with Crippen molar-refractivity contribution in [2.24, 2.45) is 0 Å². The Morgan fingerprint density at radius 2 is 2.04 bits per heavy atom. The number of aromatic nitrogens is 3. The molecule has 25 heavy (non-hydrogen) atoms. The number of carbonyl (C=O) groups is 1. The zero-order valence-corrected chi connectivity index (χ0v) is 14.3. The molecular weight excluding hydrogens is 323 g/mol. The molecule has 0 spiro atoms. The van der Waals surface area contributed by atoms with Gasteiger partial charge in [-0.1, -0.05) is 0 Å². The summed E-state index contributed by atoms with van der Waals surface area (Å²) in [6.07, 6.45) is 3.05. The first-order valence-electron chi connectivity index (χ1n) is 7.88. The molecule has 0 N–H and O–H groups in total. The second-order valence-electron chi connectivity index (χ2n) is 5.86. The van der Waals surface area contributed by atoms with Crippen LogP contribution in [0.1, 0.15) is 17.3 Å². The number of rotatable bonds is 5. The van der Waals surface area contributed by atoms with E-state index < -0.39 is 0 Å². The number of fused-ring (bicyclic) bond motifs is 1. The lowest BCUT2D eigenvalue weighted by Gasteiger charge is -2.20. The first-order valence-corrected chi connectivity index (χ1v) is 7.88. The molecule has 0 fully saturated rings. The maximum atomic E-state index is 13.2. The molecule has 3 rings (SSSR count). The Hall–Kier alpha value is -2.80. The second-order valence-corrected chi connectivity index (χ2v) is 5.86. The van der Waals surface area contributed by atoms with Gasteiger partial charge in [0.1, 0.15) is 11.4 Å². The van der Waals surface area contributed by atoms with Gasteiger partial charge in [0.15, 0.2) is 5.65 Å². The molecule has 0 aliphatic carbocycles.